The molecule has 0 saturated heterocycles. The molecule has 0 bridgehead atoms. The molecule has 2 aromatic carbocycles. The fourth-order valence-electron chi connectivity index (χ4n) is 3.37. The molecule has 1 N–H and O–H groups in total. The van der Waals surface area contributed by atoms with E-state index >= 15 is 0 Å². The van der Waals surface area contributed by atoms with Crippen molar-refractivity contribution in [2.45, 2.75) is 45.5 Å². The number of hydrogen-bond acceptors (Lipinski definition) is 7. The Morgan fingerprint density at radius 1 is 1.03 bits per heavy atom. The van der Waals surface area contributed by atoms with E-state index in [2.05, 4.69) is 29.4 Å². The van der Waals surface area contributed by atoms with E-state index in [-0.39, 0.29) is 17.8 Å². The summed E-state index contributed by atoms with van der Waals surface area (Å²) >= 11 is 1.34. The number of para-hydroxylation sites is 4. The van der Waals surface area contributed by atoms with Gasteiger partial charge in [0.1, 0.15) is 5.75 Å². The van der Waals surface area contributed by atoms with Crippen molar-refractivity contribution in [3.05, 3.63) is 54.4 Å². The molecular weight excluding hydrogens is 452 g/mol. The first-order valence-electron chi connectivity index (χ1n) is 11.3. The number of hydrogen-bond donors (Lipinski definition) is 1. The monoisotopic (exact) mass is 484 g/mol. The smallest absolute Gasteiger partial charge is 0.234 e. The number of carbonyl (C=O) groups excluding carboxylic acids is 1. The highest BCUT2D eigenvalue weighted by molar-refractivity contribution is 7.99. The van der Waals surface area contributed by atoms with Gasteiger partial charge < -0.3 is 24.1 Å². The van der Waals surface area contributed by atoms with Crippen LogP contribution in [0.15, 0.2) is 53.7 Å². The molecule has 1 amide bonds. The van der Waals surface area contributed by atoms with Crippen LogP contribution in [-0.2, 0) is 11.3 Å². The molecule has 0 aliphatic carbocycles. The Hall–Kier alpha value is -3.20. The second kappa shape index (κ2) is 12.3. The topological polar surface area (TPSA) is 87.5 Å². The Kier molecular flexibility index (Phi) is 9.21. The van der Waals surface area contributed by atoms with E-state index in [1.807, 2.05) is 66.9 Å². The number of ether oxygens (including phenoxy) is 3. The van der Waals surface area contributed by atoms with Gasteiger partial charge in [-0.25, -0.2) is 0 Å². The lowest BCUT2D eigenvalue weighted by molar-refractivity contribution is -0.113. The van der Waals surface area contributed by atoms with Crippen LogP contribution in [0.3, 0.4) is 0 Å². The fourth-order valence-corrected chi connectivity index (χ4v) is 4.13. The molecule has 0 spiro atoms. The standard InChI is InChI=1S/C25H32N4O4S/c1-6-32-20-12-8-7-11-19(20)26-23(30)16-34-25-28-27-24(29(25)15-17(2)3)18(4)33-22-14-10-9-13-21(22)31-5/h7-14,17-18H,6,15-16H2,1-5H3,(H,26,30). The normalized spacial score (nSPS) is 11.8. The molecular formula is C25H32N4O4S. The third kappa shape index (κ3) is 6.66. The predicted octanol–water partition coefficient (Wildman–Crippen LogP) is 5.21. The third-order valence-corrected chi connectivity index (χ3v) is 5.79. The van der Waals surface area contributed by atoms with Crippen LogP contribution in [0.25, 0.3) is 0 Å². The Bertz CT molecular complexity index is 1090. The summed E-state index contributed by atoms with van der Waals surface area (Å²) in [6.07, 6.45) is -0.358. The predicted molar refractivity (Wildman–Crippen MR) is 134 cm³/mol. The Labute approximate surface area is 205 Å². The number of amides is 1. The van der Waals surface area contributed by atoms with Gasteiger partial charge in [0, 0.05) is 6.54 Å². The quantitative estimate of drug-likeness (QED) is 0.353. The highest BCUT2D eigenvalue weighted by Crippen LogP contribution is 2.31. The first-order valence-corrected chi connectivity index (χ1v) is 12.3. The molecule has 3 rings (SSSR count). The van der Waals surface area contributed by atoms with E-state index in [0.717, 1.165) is 0 Å². The van der Waals surface area contributed by atoms with Crippen LogP contribution in [0, 0.1) is 5.92 Å². The van der Waals surface area contributed by atoms with E-state index in [9.17, 15) is 4.79 Å². The molecule has 182 valence electrons. The molecule has 1 aromatic heterocycles. The average molecular weight is 485 g/mol. The largest absolute Gasteiger partial charge is 0.493 e. The van der Waals surface area contributed by atoms with Crippen molar-refractivity contribution in [2.75, 3.05) is 24.8 Å². The van der Waals surface area contributed by atoms with Crippen molar-refractivity contribution < 1.29 is 19.0 Å². The number of nitrogens with one attached hydrogen (secondary N) is 1. The second-order valence-electron chi connectivity index (χ2n) is 8.02. The summed E-state index contributed by atoms with van der Waals surface area (Å²) in [5, 5.41) is 12.3. The Morgan fingerprint density at radius 3 is 2.38 bits per heavy atom. The number of thioether (sulfide) groups is 1. The zero-order valence-electron chi connectivity index (χ0n) is 20.3. The summed E-state index contributed by atoms with van der Waals surface area (Å²) in [5.41, 5.74) is 0.651. The van der Waals surface area contributed by atoms with Gasteiger partial charge in [0.15, 0.2) is 28.6 Å². The molecule has 0 saturated carbocycles. The summed E-state index contributed by atoms with van der Waals surface area (Å²) in [6, 6.07) is 14.9. The zero-order valence-corrected chi connectivity index (χ0v) is 21.1. The summed E-state index contributed by atoms with van der Waals surface area (Å²) in [4.78, 5) is 12.6. The van der Waals surface area contributed by atoms with Crippen LogP contribution in [0.5, 0.6) is 17.2 Å². The summed E-state index contributed by atoms with van der Waals surface area (Å²) in [5.74, 6) is 3.05. The molecule has 1 heterocycles. The van der Waals surface area contributed by atoms with Crippen molar-refractivity contribution in [2.24, 2.45) is 5.92 Å². The van der Waals surface area contributed by atoms with E-state index in [1.165, 1.54) is 11.8 Å². The minimum absolute atomic E-state index is 0.142. The first kappa shape index (κ1) is 25.4. The van der Waals surface area contributed by atoms with Crippen LogP contribution in [0.4, 0.5) is 5.69 Å². The van der Waals surface area contributed by atoms with Crippen LogP contribution >= 0.6 is 11.8 Å². The molecule has 0 fully saturated rings. The van der Waals surface area contributed by atoms with Gasteiger partial charge >= 0.3 is 0 Å². The van der Waals surface area contributed by atoms with E-state index in [4.69, 9.17) is 14.2 Å². The molecule has 0 aliphatic rings. The zero-order chi connectivity index (χ0) is 24.5. The number of carbonyl (C=O) groups is 1. The highest BCUT2D eigenvalue weighted by atomic mass is 32.2. The van der Waals surface area contributed by atoms with E-state index < -0.39 is 0 Å². The molecule has 8 nitrogen and oxygen atoms in total. The maximum atomic E-state index is 12.6. The molecule has 0 aliphatic heterocycles. The number of benzene rings is 2. The summed E-state index contributed by atoms with van der Waals surface area (Å²) < 4.78 is 19.2. The number of anilines is 1. The lowest BCUT2D eigenvalue weighted by Gasteiger charge is -2.19. The maximum absolute atomic E-state index is 12.6. The van der Waals surface area contributed by atoms with Gasteiger partial charge in [0.25, 0.3) is 0 Å². The minimum Gasteiger partial charge on any atom is -0.493 e. The first-order chi connectivity index (χ1) is 16.4. The number of nitrogens with zero attached hydrogens (tertiary/aromatic N) is 3. The molecule has 34 heavy (non-hydrogen) atoms. The van der Waals surface area contributed by atoms with Crippen LogP contribution in [0.2, 0.25) is 0 Å². The third-order valence-electron chi connectivity index (χ3n) is 4.82. The number of methoxy groups -OCH3 is 1. The average Bonchev–Trinajstić information content (AvgIpc) is 3.21. The molecule has 0 radical (unpaired) electrons. The molecule has 3 aromatic rings. The number of aromatic nitrogens is 3. The van der Waals surface area contributed by atoms with Crippen LogP contribution in [0.1, 0.15) is 39.6 Å². The van der Waals surface area contributed by atoms with Crippen molar-refractivity contribution >= 4 is 23.4 Å². The van der Waals surface area contributed by atoms with Gasteiger partial charge in [-0.05, 0) is 44.0 Å². The lowest BCUT2D eigenvalue weighted by Crippen LogP contribution is -2.17. The van der Waals surface area contributed by atoms with Gasteiger partial charge in [0.05, 0.1) is 25.2 Å². The van der Waals surface area contributed by atoms with Gasteiger partial charge in [-0.3, -0.25) is 4.79 Å². The van der Waals surface area contributed by atoms with E-state index in [0.29, 0.717) is 53.0 Å². The molecule has 9 heteroatoms. The highest BCUT2D eigenvalue weighted by Gasteiger charge is 2.22. The lowest BCUT2D eigenvalue weighted by atomic mass is 10.2. The van der Waals surface area contributed by atoms with Crippen molar-refractivity contribution in [1.82, 2.24) is 14.8 Å². The Balaban J connectivity index is 1.72. The maximum Gasteiger partial charge on any atom is 0.234 e. The van der Waals surface area contributed by atoms with Crippen LogP contribution < -0.4 is 19.5 Å². The molecule has 1 unspecified atom stereocenters. The van der Waals surface area contributed by atoms with E-state index in [1.54, 1.807) is 7.11 Å². The van der Waals surface area contributed by atoms with Crippen LogP contribution in [-0.4, -0.2) is 40.1 Å². The van der Waals surface area contributed by atoms with Crippen molar-refractivity contribution in [3.8, 4) is 17.2 Å². The van der Waals surface area contributed by atoms with Crippen molar-refractivity contribution in [1.29, 1.82) is 0 Å². The number of rotatable bonds is 12. The van der Waals surface area contributed by atoms with Crippen molar-refractivity contribution in [3.63, 3.8) is 0 Å². The van der Waals surface area contributed by atoms with Gasteiger partial charge in [-0.15, -0.1) is 10.2 Å². The summed E-state index contributed by atoms with van der Waals surface area (Å²) in [6.45, 7) is 9.32. The SMILES string of the molecule is CCOc1ccccc1NC(=O)CSc1nnc(C(C)Oc2ccccc2OC)n1CC(C)C. The van der Waals surface area contributed by atoms with Gasteiger partial charge in [-0.2, -0.15) is 0 Å². The molecule has 1 atom stereocenters. The second-order valence-corrected chi connectivity index (χ2v) is 8.96. The Morgan fingerprint density at radius 2 is 1.71 bits per heavy atom. The fraction of sp³-hybridized carbons (Fsp3) is 0.400. The van der Waals surface area contributed by atoms with Gasteiger partial charge in [0.2, 0.25) is 5.91 Å². The summed E-state index contributed by atoms with van der Waals surface area (Å²) in [7, 11) is 1.61. The minimum atomic E-state index is -0.358. The van der Waals surface area contributed by atoms with Gasteiger partial charge in [-0.1, -0.05) is 49.9 Å².